The van der Waals surface area contributed by atoms with E-state index in [9.17, 15) is 9.18 Å². The fraction of sp³-hybridized carbons (Fsp3) is 0.462. The number of carbonyl (C=O) groups excluding carboxylic acids is 1. The maximum atomic E-state index is 12.9. The SMILES string of the molecule is Cc1cc(F)ccc1C(=O)NCC1CC1C. The normalized spacial score (nSPS) is 22.9. The molecule has 0 saturated heterocycles. The Labute approximate surface area is 94.9 Å². The van der Waals surface area contributed by atoms with Crippen molar-refractivity contribution in [1.82, 2.24) is 5.32 Å². The number of amides is 1. The van der Waals surface area contributed by atoms with Crippen LogP contribution < -0.4 is 5.32 Å². The summed E-state index contributed by atoms with van der Waals surface area (Å²) in [4.78, 5) is 11.8. The molecular formula is C13H16FNO. The molecule has 0 heterocycles. The summed E-state index contributed by atoms with van der Waals surface area (Å²) in [5.74, 6) is 0.959. The number of halogens is 1. The monoisotopic (exact) mass is 221 g/mol. The molecule has 1 aliphatic rings. The van der Waals surface area contributed by atoms with Gasteiger partial charge >= 0.3 is 0 Å². The Kier molecular flexibility index (Phi) is 2.95. The zero-order chi connectivity index (χ0) is 11.7. The summed E-state index contributed by atoms with van der Waals surface area (Å²) in [5.41, 5.74) is 1.25. The molecule has 0 aromatic heterocycles. The molecule has 1 fully saturated rings. The molecular weight excluding hydrogens is 205 g/mol. The van der Waals surface area contributed by atoms with Gasteiger partial charge < -0.3 is 5.32 Å². The largest absolute Gasteiger partial charge is 0.352 e. The predicted octanol–water partition coefficient (Wildman–Crippen LogP) is 2.52. The van der Waals surface area contributed by atoms with E-state index < -0.39 is 0 Å². The lowest BCUT2D eigenvalue weighted by molar-refractivity contribution is 0.0950. The van der Waals surface area contributed by atoms with Gasteiger partial charge in [-0.2, -0.15) is 0 Å². The minimum Gasteiger partial charge on any atom is -0.352 e. The first-order valence-electron chi connectivity index (χ1n) is 5.62. The summed E-state index contributed by atoms with van der Waals surface area (Å²) in [6.45, 7) is 4.66. The molecule has 0 radical (unpaired) electrons. The molecule has 2 unspecified atom stereocenters. The second-order valence-corrected chi connectivity index (χ2v) is 4.64. The van der Waals surface area contributed by atoms with Gasteiger partial charge in [-0.1, -0.05) is 6.92 Å². The van der Waals surface area contributed by atoms with E-state index in [0.717, 1.165) is 12.5 Å². The van der Waals surface area contributed by atoms with Gasteiger partial charge in [-0.3, -0.25) is 4.79 Å². The van der Waals surface area contributed by atoms with Gasteiger partial charge in [-0.25, -0.2) is 4.39 Å². The molecule has 1 N–H and O–H groups in total. The molecule has 1 amide bonds. The second kappa shape index (κ2) is 4.24. The van der Waals surface area contributed by atoms with Crippen LogP contribution in [0.5, 0.6) is 0 Å². The van der Waals surface area contributed by atoms with Crippen LogP contribution in [0.3, 0.4) is 0 Å². The van der Waals surface area contributed by atoms with E-state index in [1.807, 2.05) is 0 Å². The van der Waals surface area contributed by atoms with E-state index in [4.69, 9.17) is 0 Å². The minimum absolute atomic E-state index is 0.100. The number of aryl methyl sites for hydroxylation is 1. The van der Waals surface area contributed by atoms with Crippen molar-refractivity contribution in [2.45, 2.75) is 20.3 Å². The zero-order valence-corrected chi connectivity index (χ0v) is 9.59. The number of hydrogen-bond donors (Lipinski definition) is 1. The maximum absolute atomic E-state index is 12.9. The molecule has 1 aliphatic carbocycles. The Bertz CT molecular complexity index is 416. The van der Waals surface area contributed by atoms with Gasteiger partial charge in [0.05, 0.1) is 0 Å². The van der Waals surface area contributed by atoms with Crippen LogP contribution >= 0.6 is 0 Å². The summed E-state index contributed by atoms with van der Waals surface area (Å²) in [7, 11) is 0. The van der Waals surface area contributed by atoms with Gasteiger partial charge in [-0.15, -0.1) is 0 Å². The molecule has 3 heteroatoms. The van der Waals surface area contributed by atoms with E-state index >= 15 is 0 Å². The Morgan fingerprint density at radius 1 is 1.56 bits per heavy atom. The van der Waals surface area contributed by atoms with Gasteiger partial charge in [0.2, 0.25) is 0 Å². The van der Waals surface area contributed by atoms with Crippen molar-refractivity contribution in [1.29, 1.82) is 0 Å². The van der Waals surface area contributed by atoms with Crippen LogP contribution in [0, 0.1) is 24.6 Å². The zero-order valence-electron chi connectivity index (χ0n) is 9.59. The summed E-state index contributed by atoms with van der Waals surface area (Å²) < 4.78 is 12.9. The maximum Gasteiger partial charge on any atom is 0.251 e. The molecule has 0 aliphatic heterocycles. The molecule has 86 valence electrons. The van der Waals surface area contributed by atoms with Gasteiger partial charge in [-0.05, 0) is 48.9 Å². The Morgan fingerprint density at radius 2 is 2.25 bits per heavy atom. The molecule has 2 atom stereocenters. The third-order valence-electron chi connectivity index (χ3n) is 3.23. The van der Waals surface area contributed by atoms with Crippen LogP contribution in [-0.2, 0) is 0 Å². The average molecular weight is 221 g/mol. The smallest absolute Gasteiger partial charge is 0.251 e. The molecule has 1 saturated carbocycles. The first-order valence-corrected chi connectivity index (χ1v) is 5.62. The topological polar surface area (TPSA) is 29.1 Å². The molecule has 2 rings (SSSR count). The molecule has 1 aromatic rings. The van der Waals surface area contributed by atoms with Crippen molar-refractivity contribution in [3.63, 3.8) is 0 Å². The van der Waals surface area contributed by atoms with Crippen LogP contribution in [-0.4, -0.2) is 12.5 Å². The Balaban J connectivity index is 1.97. The lowest BCUT2D eigenvalue weighted by atomic mass is 10.1. The van der Waals surface area contributed by atoms with Crippen molar-refractivity contribution < 1.29 is 9.18 Å². The van der Waals surface area contributed by atoms with Gasteiger partial charge in [0, 0.05) is 12.1 Å². The fourth-order valence-corrected chi connectivity index (χ4v) is 1.88. The van der Waals surface area contributed by atoms with Crippen molar-refractivity contribution >= 4 is 5.91 Å². The lowest BCUT2D eigenvalue weighted by Crippen LogP contribution is -2.26. The van der Waals surface area contributed by atoms with Gasteiger partial charge in [0.15, 0.2) is 0 Å². The molecule has 2 nitrogen and oxygen atoms in total. The van der Waals surface area contributed by atoms with Crippen molar-refractivity contribution in [3.05, 3.63) is 35.1 Å². The van der Waals surface area contributed by atoms with Gasteiger partial charge in [0.1, 0.15) is 5.82 Å². The highest BCUT2D eigenvalue weighted by atomic mass is 19.1. The number of benzene rings is 1. The fourth-order valence-electron chi connectivity index (χ4n) is 1.88. The molecule has 16 heavy (non-hydrogen) atoms. The van der Waals surface area contributed by atoms with Crippen molar-refractivity contribution in [2.24, 2.45) is 11.8 Å². The number of rotatable bonds is 3. The first kappa shape index (κ1) is 11.1. The average Bonchev–Trinajstić information content (AvgIpc) is 2.91. The van der Waals surface area contributed by atoms with Gasteiger partial charge in [0.25, 0.3) is 5.91 Å². The Morgan fingerprint density at radius 3 is 2.81 bits per heavy atom. The lowest BCUT2D eigenvalue weighted by Gasteiger charge is -2.07. The third-order valence-corrected chi connectivity index (χ3v) is 3.23. The number of nitrogens with one attached hydrogen (secondary N) is 1. The van der Waals surface area contributed by atoms with E-state index in [1.54, 1.807) is 6.92 Å². The Hall–Kier alpha value is -1.38. The van der Waals surface area contributed by atoms with E-state index in [1.165, 1.54) is 24.6 Å². The first-order chi connectivity index (χ1) is 7.58. The van der Waals surface area contributed by atoms with E-state index in [-0.39, 0.29) is 11.7 Å². The highest BCUT2D eigenvalue weighted by Gasteiger charge is 2.32. The quantitative estimate of drug-likeness (QED) is 0.834. The summed E-state index contributed by atoms with van der Waals surface area (Å²) in [6, 6.07) is 4.24. The number of carbonyl (C=O) groups is 1. The van der Waals surface area contributed by atoms with Crippen LogP contribution in [0.1, 0.15) is 29.3 Å². The van der Waals surface area contributed by atoms with Crippen LogP contribution in [0.4, 0.5) is 4.39 Å². The standard InChI is InChI=1S/C13H16FNO/c1-8-5-10(8)7-15-13(16)12-4-3-11(14)6-9(12)2/h3-4,6,8,10H,5,7H2,1-2H3,(H,15,16). The van der Waals surface area contributed by atoms with Crippen LogP contribution in [0.2, 0.25) is 0 Å². The predicted molar refractivity (Wildman–Crippen MR) is 60.7 cm³/mol. The highest BCUT2D eigenvalue weighted by Crippen LogP contribution is 2.36. The highest BCUT2D eigenvalue weighted by molar-refractivity contribution is 5.95. The molecule has 0 bridgehead atoms. The van der Waals surface area contributed by atoms with Crippen LogP contribution in [0.25, 0.3) is 0 Å². The minimum atomic E-state index is -0.301. The molecule has 0 spiro atoms. The number of hydrogen-bond acceptors (Lipinski definition) is 1. The van der Waals surface area contributed by atoms with Crippen molar-refractivity contribution in [2.75, 3.05) is 6.54 Å². The van der Waals surface area contributed by atoms with Crippen molar-refractivity contribution in [3.8, 4) is 0 Å². The summed E-state index contributed by atoms with van der Waals surface area (Å²) in [6.07, 6.45) is 1.20. The van der Waals surface area contributed by atoms with Crippen LogP contribution in [0.15, 0.2) is 18.2 Å². The third kappa shape index (κ3) is 2.40. The summed E-state index contributed by atoms with van der Waals surface area (Å²) in [5, 5.41) is 2.89. The molecule has 1 aromatic carbocycles. The van der Waals surface area contributed by atoms with E-state index in [2.05, 4.69) is 12.2 Å². The second-order valence-electron chi connectivity index (χ2n) is 4.64. The van der Waals surface area contributed by atoms with E-state index in [0.29, 0.717) is 17.0 Å². The summed E-state index contributed by atoms with van der Waals surface area (Å²) >= 11 is 0.